The highest BCUT2D eigenvalue weighted by atomic mass is 35.5. The van der Waals surface area contributed by atoms with Crippen LogP contribution in [0.4, 0.5) is 11.6 Å². The molecular formula is C26H26ClN5O3. The zero-order valence-corrected chi connectivity index (χ0v) is 20.3. The molecule has 0 atom stereocenters. The van der Waals surface area contributed by atoms with Crippen LogP contribution in [0, 0.1) is 0 Å². The van der Waals surface area contributed by atoms with Gasteiger partial charge >= 0.3 is 0 Å². The Morgan fingerprint density at radius 1 is 1.20 bits per heavy atom. The van der Waals surface area contributed by atoms with Crippen LogP contribution >= 0.6 is 11.6 Å². The average Bonchev–Trinajstić information content (AvgIpc) is 3.23. The monoisotopic (exact) mass is 491 g/mol. The van der Waals surface area contributed by atoms with E-state index in [1.165, 1.54) is 11.1 Å². The minimum atomic E-state index is -1.02. The maximum Gasteiger partial charge on any atom is 0.229 e. The minimum Gasteiger partial charge on any atom is -0.495 e. The molecule has 9 heteroatoms. The molecule has 180 valence electrons. The van der Waals surface area contributed by atoms with Crippen molar-refractivity contribution in [1.82, 2.24) is 19.4 Å². The number of aliphatic hydroxyl groups is 1. The summed E-state index contributed by atoms with van der Waals surface area (Å²) >= 11 is 6.58. The third-order valence-corrected chi connectivity index (χ3v) is 7.09. The Labute approximate surface area is 208 Å². The van der Waals surface area contributed by atoms with E-state index in [-0.39, 0.29) is 13.2 Å². The number of para-hydroxylation sites is 1. The summed E-state index contributed by atoms with van der Waals surface area (Å²) in [5.74, 6) is 1.67. The Bertz CT molecular complexity index is 1430. The minimum absolute atomic E-state index is 0.263. The third kappa shape index (κ3) is 3.83. The molecule has 0 aliphatic carbocycles. The molecule has 1 fully saturated rings. The number of methoxy groups -OCH3 is 1. The number of rotatable bonds is 5. The molecule has 1 saturated heterocycles. The van der Waals surface area contributed by atoms with E-state index in [1.54, 1.807) is 13.3 Å². The van der Waals surface area contributed by atoms with Crippen LogP contribution in [0.3, 0.4) is 0 Å². The molecule has 0 radical (unpaired) electrons. The van der Waals surface area contributed by atoms with Gasteiger partial charge in [-0.2, -0.15) is 4.98 Å². The number of hydrogen-bond acceptors (Lipinski definition) is 7. The number of benzene rings is 2. The van der Waals surface area contributed by atoms with Crippen molar-refractivity contribution in [2.75, 3.05) is 39.2 Å². The van der Waals surface area contributed by atoms with E-state index in [9.17, 15) is 5.11 Å². The maximum atomic E-state index is 11.0. The molecule has 0 spiro atoms. The number of hydrogen-bond donors (Lipinski definition) is 2. The van der Waals surface area contributed by atoms with E-state index in [4.69, 9.17) is 26.1 Å². The fraction of sp³-hybridized carbons (Fsp3) is 0.308. The fourth-order valence-corrected chi connectivity index (χ4v) is 5.06. The summed E-state index contributed by atoms with van der Waals surface area (Å²) in [5, 5.41) is 15.7. The van der Waals surface area contributed by atoms with E-state index in [1.807, 2.05) is 35.0 Å². The van der Waals surface area contributed by atoms with Gasteiger partial charge in [0.05, 0.1) is 37.7 Å². The van der Waals surface area contributed by atoms with Crippen LogP contribution in [-0.2, 0) is 23.3 Å². The Hall–Kier alpha value is -3.17. The number of likely N-dealkylation sites (N-methyl/N-ethyl adjacent to an activating group) is 1. The van der Waals surface area contributed by atoms with Gasteiger partial charge in [-0.15, -0.1) is 0 Å². The summed E-state index contributed by atoms with van der Waals surface area (Å²) in [6, 6.07) is 12.1. The van der Waals surface area contributed by atoms with Crippen molar-refractivity contribution in [2.45, 2.75) is 18.6 Å². The SMILES string of the molecule is COc1cc2c(cc1Nc1ncc(Cl)c(-n3cc(C4(O)COC4)c4ccccc43)n1)CN(C)CC2. The molecule has 6 rings (SSSR count). The first-order chi connectivity index (χ1) is 16.9. The lowest BCUT2D eigenvalue weighted by molar-refractivity contribution is -0.183. The number of halogens is 1. The topological polar surface area (TPSA) is 84.7 Å². The third-order valence-electron chi connectivity index (χ3n) is 6.82. The number of ether oxygens (including phenoxy) is 2. The lowest BCUT2D eigenvalue weighted by Gasteiger charge is -2.36. The van der Waals surface area contributed by atoms with E-state index < -0.39 is 5.60 Å². The van der Waals surface area contributed by atoms with Crippen LogP contribution in [0.2, 0.25) is 5.02 Å². The first kappa shape index (κ1) is 22.3. The zero-order valence-electron chi connectivity index (χ0n) is 19.6. The summed E-state index contributed by atoms with van der Waals surface area (Å²) in [7, 11) is 3.79. The standard InChI is InChI=1S/C26H26ClN5O3/c1-31-8-7-16-10-23(34-2)21(9-17(16)12-31)29-25-28-11-20(27)24(30-25)32-13-19(26(33)14-35-15-26)18-5-3-4-6-22(18)32/h3-6,9-11,13,33H,7-8,12,14-15H2,1-2H3,(H,28,29,30). The van der Waals surface area contributed by atoms with Gasteiger partial charge in [-0.3, -0.25) is 4.57 Å². The highest BCUT2D eigenvalue weighted by molar-refractivity contribution is 6.32. The van der Waals surface area contributed by atoms with Crippen molar-refractivity contribution in [1.29, 1.82) is 0 Å². The van der Waals surface area contributed by atoms with E-state index in [0.717, 1.165) is 47.4 Å². The largest absolute Gasteiger partial charge is 0.495 e. The highest BCUT2D eigenvalue weighted by Gasteiger charge is 2.40. The summed E-state index contributed by atoms with van der Waals surface area (Å²) in [4.78, 5) is 11.5. The first-order valence-corrected chi connectivity index (χ1v) is 11.9. The van der Waals surface area contributed by atoms with Crippen molar-refractivity contribution in [3.8, 4) is 11.6 Å². The summed E-state index contributed by atoms with van der Waals surface area (Å²) in [6.07, 6.45) is 4.46. The molecule has 2 aliphatic heterocycles. The van der Waals surface area contributed by atoms with Gasteiger partial charge in [-0.1, -0.05) is 29.8 Å². The van der Waals surface area contributed by atoms with Gasteiger partial charge in [0.2, 0.25) is 5.95 Å². The normalized spacial score (nSPS) is 17.1. The zero-order chi connectivity index (χ0) is 24.2. The van der Waals surface area contributed by atoms with E-state index in [0.29, 0.717) is 16.8 Å². The lowest BCUT2D eigenvalue weighted by Crippen LogP contribution is -2.46. The molecule has 2 aromatic heterocycles. The second kappa shape index (κ2) is 8.49. The van der Waals surface area contributed by atoms with Gasteiger partial charge in [0.15, 0.2) is 5.82 Å². The molecule has 35 heavy (non-hydrogen) atoms. The van der Waals surface area contributed by atoms with Gasteiger partial charge in [-0.05, 0) is 42.8 Å². The quantitative estimate of drug-likeness (QED) is 0.436. The Morgan fingerprint density at radius 2 is 2.03 bits per heavy atom. The van der Waals surface area contributed by atoms with Crippen molar-refractivity contribution in [2.24, 2.45) is 0 Å². The predicted molar refractivity (Wildman–Crippen MR) is 135 cm³/mol. The molecule has 4 aromatic rings. The molecule has 2 N–H and O–H groups in total. The number of nitrogens with zero attached hydrogens (tertiary/aromatic N) is 4. The second-order valence-corrected chi connectivity index (χ2v) is 9.66. The Morgan fingerprint density at radius 3 is 2.80 bits per heavy atom. The van der Waals surface area contributed by atoms with Gasteiger partial charge < -0.3 is 24.8 Å². The Kier molecular flexibility index (Phi) is 5.41. The predicted octanol–water partition coefficient (Wildman–Crippen LogP) is 4.03. The molecule has 0 saturated carbocycles. The van der Waals surface area contributed by atoms with Crippen LogP contribution in [0.5, 0.6) is 5.75 Å². The van der Waals surface area contributed by atoms with Crippen LogP contribution in [0.25, 0.3) is 16.7 Å². The second-order valence-electron chi connectivity index (χ2n) is 9.25. The average molecular weight is 492 g/mol. The molecule has 4 heterocycles. The van der Waals surface area contributed by atoms with E-state index in [2.05, 4.69) is 34.4 Å². The highest BCUT2D eigenvalue weighted by Crippen LogP contribution is 2.38. The van der Waals surface area contributed by atoms with Crippen LogP contribution in [0.15, 0.2) is 48.8 Å². The molecular weight excluding hydrogens is 466 g/mol. The van der Waals surface area contributed by atoms with Crippen molar-refractivity contribution in [3.63, 3.8) is 0 Å². The van der Waals surface area contributed by atoms with Gasteiger partial charge in [-0.25, -0.2) is 4.98 Å². The summed E-state index contributed by atoms with van der Waals surface area (Å²) in [6.45, 7) is 2.43. The van der Waals surface area contributed by atoms with Gasteiger partial charge in [0.1, 0.15) is 16.4 Å². The lowest BCUT2D eigenvalue weighted by atomic mass is 9.92. The van der Waals surface area contributed by atoms with Gasteiger partial charge in [0, 0.05) is 30.2 Å². The van der Waals surface area contributed by atoms with Crippen LogP contribution in [-0.4, -0.2) is 58.5 Å². The Balaban J connectivity index is 1.41. The number of anilines is 2. The number of aromatic nitrogens is 3. The van der Waals surface area contributed by atoms with E-state index >= 15 is 0 Å². The molecule has 0 amide bonds. The summed E-state index contributed by atoms with van der Waals surface area (Å²) in [5.41, 5.74) is 4.03. The first-order valence-electron chi connectivity index (χ1n) is 11.5. The maximum absolute atomic E-state index is 11.0. The smallest absolute Gasteiger partial charge is 0.229 e. The van der Waals surface area contributed by atoms with Crippen molar-refractivity contribution < 1.29 is 14.6 Å². The van der Waals surface area contributed by atoms with Crippen LogP contribution < -0.4 is 10.1 Å². The van der Waals surface area contributed by atoms with Crippen molar-refractivity contribution >= 4 is 34.1 Å². The molecule has 8 nitrogen and oxygen atoms in total. The molecule has 0 unspecified atom stereocenters. The molecule has 2 aliphatic rings. The van der Waals surface area contributed by atoms with Gasteiger partial charge in [0.25, 0.3) is 0 Å². The van der Waals surface area contributed by atoms with Crippen molar-refractivity contribution in [3.05, 3.63) is 70.5 Å². The number of fused-ring (bicyclic) bond motifs is 2. The fourth-order valence-electron chi connectivity index (χ4n) is 4.88. The molecule has 0 bridgehead atoms. The van der Waals surface area contributed by atoms with Crippen LogP contribution in [0.1, 0.15) is 16.7 Å². The number of nitrogens with one attached hydrogen (secondary N) is 1. The summed E-state index contributed by atoms with van der Waals surface area (Å²) < 4.78 is 12.9. The molecule has 2 aromatic carbocycles.